The van der Waals surface area contributed by atoms with Gasteiger partial charge in [-0.25, -0.2) is 0 Å². The molecule has 0 aliphatic carbocycles. The Morgan fingerprint density at radius 1 is 1.25 bits per heavy atom. The number of nitrogens with one attached hydrogen (secondary N) is 1. The Kier molecular flexibility index (Phi) is 4.52. The van der Waals surface area contributed by atoms with Crippen LogP contribution in [0.5, 0.6) is 0 Å². The molecule has 1 amide bonds. The van der Waals surface area contributed by atoms with E-state index in [-0.39, 0.29) is 10.9 Å². The second-order valence-corrected chi connectivity index (χ2v) is 5.74. The molecule has 3 N–H and O–H groups in total. The summed E-state index contributed by atoms with van der Waals surface area (Å²) in [5, 5.41) is 2.84. The Morgan fingerprint density at radius 3 is 2.60 bits per heavy atom. The van der Waals surface area contributed by atoms with E-state index in [1.807, 2.05) is 31.2 Å². The van der Waals surface area contributed by atoms with Crippen molar-refractivity contribution < 1.29 is 4.79 Å². The molecule has 0 radical (unpaired) electrons. The molecule has 3 nitrogen and oxygen atoms in total. The van der Waals surface area contributed by atoms with E-state index in [0.717, 1.165) is 10.0 Å². The Labute approximate surface area is 131 Å². The third-order valence-electron chi connectivity index (χ3n) is 2.75. The smallest absolute Gasteiger partial charge is 0.255 e. The molecule has 0 saturated carbocycles. The second-order valence-electron chi connectivity index (χ2n) is 4.38. The van der Waals surface area contributed by atoms with Crippen molar-refractivity contribution in [2.45, 2.75) is 6.92 Å². The minimum absolute atomic E-state index is 0.196. The van der Waals surface area contributed by atoms with Crippen LogP contribution in [0.1, 0.15) is 21.5 Å². The molecule has 0 bridgehead atoms. The fourth-order valence-corrected chi connectivity index (χ4v) is 2.65. The molecule has 0 heterocycles. The van der Waals surface area contributed by atoms with Gasteiger partial charge in [-0.1, -0.05) is 40.3 Å². The van der Waals surface area contributed by atoms with Gasteiger partial charge in [0.1, 0.15) is 4.99 Å². The Bertz CT molecular complexity index is 665. The highest BCUT2D eigenvalue weighted by atomic mass is 79.9. The summed E-state index contributed by atoms with van der Waals surface area (Å²) in [7, 11) is 0. The maximum absolute atomic E-state index is 12.3. The van der Waals surface area contributed by atoms with Crippen LogP contribution in [-0.4, -0.2) is 10.9 Å². The molecule has 0 aromatic heterocycles. The van der Waals surface area contributed by atoms with Crippen LogP contribution in [0.3, 0.4) is 0 Å². The van der Waals surface area contributed by atoms with Gasteiger partial charge >= 0.3 is 0 Å². The lowest BCUT2D eigenvalue weighted by molar-refractivity contribution is 0.102. The van der Waals surface area contributed by atoms with Gasteiger partial charge in [-0.2, -0.15) is 0 Å². The summed E-state index contributed by atoms with van der Waals surface area (Å²) in [5.74, 6) is -0.196. The van der Waals surface area contributed by atoms with Gasteiger partial charge in [-0.3, -0.25) is 4.79 Å². The van der Waals surface area contributed by atoms with Crippen molar-refractivity contribution in [2.24, 2.45) is 5.73 Å². The molecule has 0 fully saturated rings. The summed E-state index contributed by atoms with van der Waals surface area (Å²) in [5.41, 5.74) is 8.50. The summed E-state index contributed by atoms with van der Waals surface area (Å²) in [4.78, 5) is 12.5. The molecule has 2 aromatic rings. The number of benzene rings is 2. The fraction of sp³-hybridized carbons (Fsp3) is 0.0667. The number of halogens is 1. The molecule has 0 aliphatic heterocycles. The number of rotatable bonds is 3. The van der Waals surface area contributed by atoms with E-state index < -0.39 is 0 Å². The number of carbonyl (C=O) groups is 1. The van der Waals surface area contributed by atoms with Crippen molar-refractivity contribution in [1.82, 2.24) is 0 Å². The van der Waals surface area contributed by atoms with E-state index in [4.69, 9.17) is 18.0 Å². The van der Waals surface area contributed by atoms with Gasteiger partial charge in [0.05, 0.1) is 5.69 Å². The van der Waals surface area contributed by atoms with Gasteiger partial charge in [0, 0.05) is 15.6 Å². The molecule has 0 spiro atoms. The molecule has 0 unspecified atom stereocenters. The van der Waals surface area contributed by atoms with Gasteiger partial charge in [0.2, 0.25) is 0 Å². The minimum atomic E-state index is -0.196. The average molecular weight is 349 g/mol. The van der Waals surface area contributed by atoms with Crippen molar-refractivity contribution >= 4 is 44.7 Å². The third kappa shape index (κ3) is 3.43. The molecule has 5 heteroatoms. The topological polar surface area (TPSA) is 55.1 Å². The second kappa shape index (κ2) is 6.15. The maximum atomic E-state index is 12.3. The lowest BCUT2D eigenvalue weighted by Crippen LogP contribution is -2.17. The van der Waals surface area contributed by atoms with E-state index in [2.05, 4.69) is 21.2 Å². The lowest BCUT2D eigenvalue weighted by atomic mass is 10.1. The van der Waals surface area contributed by atoms with Crippen LogP contribution in [0, 0.1) is 6.92 Å². The Hall–Kier alpha value is -1.72. The van der Waals surface area contributed by atoms with Gasteiger partial charge in [-0.05, 0) is 42.8 Å². The SMILES string of the molecule is Cc1cc(Br)cc(C(=O)Nc2ccccc2C(N)=S)c1. The molecule has 2 aromatic carbocycles. The molecular weight excluding hydrogens is 336 g/mol. The fourth-order valence-electron chi connectivity index (χ4n) is 1.87. The first kappa shape index (κ1) is 14.7. The van der Waals surface area contributed by atoms with Crippen LogP contribution in [0.2, 0.25) is 0 Å². The number of hydrogen-bond acceptors (Lipinski definition) is 2. The van der Waals surface area contributed by atoms with Crippen LogP contribution < -0.4 is 11.1 Å². The van der Waals surface area contributed by atoms with E-state index >= 15 is 0 Å². The maximum Gasteiger partial charge on any atom is 0.255 e. The predicted molar refractivity (Wildman–Crippen MR) is 89.2 cm³/mol. The van der Waals surface area contributed by atoms with Crippen LogP contribution in [-0.2, 0) is 0 Å². The number of amides is 1. The quantitative estimate of drug-likeness (QED) is 0.832. The lowest BCUT2D eigenvalue weighted by Gasteiger charge is -2.10. The third-order valence-corrected chi connectivity index (χ3v) is 3.42. The standard InChI is InChI=1S/C15H13BrN2OS/c1-9-6-10(8-11(16)7-9)15(19)18-13-5-3-2-4-12(13)14(17)20/h2-8H,1H3,(H2,17,20)(H,18,19). The largest absolute Gasteiger partial charge is 0.389 e. The van der Waals surface area contributed by atoms with Crippen LogP contribution in [0.4, 0.5) is 5.69 Å². The van der Waals surface area contributed by atoms with Crippen LogP contribution >= 0.6 is 28.1 Å². The number of aryl methyl sites for hydroxylation is 1. The number of para-hydroxylation sites is 1. The van der Waals surface area contributed by atoms with Crippen LogP contribution in [0.15, 0.2) is 46.9 Å². The molecule has 20 heavy (non-hydrogen) atoms. The first-order chi connectivity index (χ1) is 9.47. The minimum Gasteiger partial charge on any atom is -0.389 e. The molecule has 102 valence electrons. The normalized spacial score (nSPS) is 10.1. The molecule has 0 atom stereocenters. The zero-order valence-corrected chi connectivity index (χ0v) is 13.2. The highest BCUT2D eigenvalue weighted by Crippen LogP contribution is 2.19. The van der Waals surface area contributed by atoms with E-state index in [0.29, 0.717) is 16.8 Å². The van der Waals surface area contributed by atoms with Crippen molar-refractivity contribution in [3.8, 4) is 0 Å². The van der Waals surface area contributed by atoms with E-state index in [1.54, 1.807) is 18.2 Å². The van der Waals surface area contributed by atoms with Crippen molar-refractivity contribution in [3.05, 3.63) is 63.6 Å². The van der Waals surface area contributed by atoms with Gasteiger partial charge in [0.15, 0.2) is 0 Å². The Morgan fingerprint density at radius 2 is 1.95 bits per heavy atom. The Balaban J connectivity index is 2.30. The summed E-state index contributed by atoms with van der Waals surface area (Å²) in [6, 6.07) is 12.7. The van der Waals surface area contributed by atoms with Crippen molar-refractivity contribution in [3.63, 3.8) is 0 Å². The molecule has 0 saturated heterocycles. The number of nitrogens with two attached hydrogens (primary N) is 1. The monoisotopic (exact) mass is 348 g/mol. The molecular formula is C15H13BrN2OS. The van der Waals surface area contributed by atoms with E-state index in [1.165, 1.54) is 0 Å². The first-order valence-corrected chi connectivity index (χ1v) is 7.15. The molecule has 0 aliphatic rings. The average Bonchev–Trinajstić information content (AvgIpc) is 2.37. The number of anilines is 1. The number of carbonyl (C=O) groups excluding carboxylic acids is 1. The zero-order valence-electron chi connectivity index (χ0n) is 10.8. The van der Waals surface area contributed by atoms with Crippen molar-refractivity contribution in [2.75, 3.05) is 5.32 Å². The number of hydrogen-bond donors (Lipinski definition) is 2. The summed E-state index contributed by atoms with van der Waals surface area (Å²) in [6.45, 7) is 1.94. The van der Waals surface area contributed by atoms with Gasteiger partial charge in [-0.15, -0.1) is 0 Å². The highest BCUT2D eigenvalue weighted by Gasteiger charge is 2.11. The van der Waals surface area contributed by atoms with Crippen LogP contribution in [0.25, 0.3) is 0 Å². The summed E-state index contributed by atoms with van der Waals surface area (Å²) >= 11 is 8.36. The van der Waals surface area contributed by atoms with Gasteiger partial charge in [0.25, 0.3) is 5.91 Å². The molecule has 2 rings (SSSR count). The van der Waals surface area contributed by atoms with Crippen molar-refractivity contribution in [1.29, 1.82) is 0 Å². The first-order valence-electron chi connectivity index (χ1n) is 5.95. The van der Waals surface area contributed by atoms with E-state index in [9.17, 15) is 4.79 Å². The predicted octanol–water partition coefficient (Wildman–Crippen LogP) is 3.64. The summed E-state index contributed by atoms with van der Waals surface area (Å²) in [6.07, 6.45) is 0. The summed E-state index contributed by atoms with van der Waals surface area (Å²) < 4.78 is 0.866. The zero-order chi connectivity index (χ0) is 14.7. The van der Waals surface area contributed by atoms with Gasteiger partial charge < -0.3 is 11.1 Å². The highest BCUT2D eigenvalue weighted by molar-refractivity contribution is 9.10. The number of thiocarbonyl (C=S) groups is 1.